The molecule has 0 bridgehead atoms. The second kappa shape index (κ2) is 4.30. The molecule has 3 rings (SSSR count). The first kappa shape index (κ1) is 12.6. The molecule has 1 aliphatic carbocycles. The van der Waals surface area contributed by atoms with E-state index in [9.17, 15) is 13.6 Å². The maximum absolute atomic E-state index is 13.3. The summed E-state index contributed by atoms with van der Waals surface area (Å²) >= 11 is 5.87. The van der Waals surface area contributed by atoms with Crippen LogP contribution in [0.1, 0.15) is 19.3 Å². The highest BCUT2D eigenvalue weighted by molar-refractivity contribution is 6.31. The molecule has 2 nitrogen and oxygen atoms in total. The van der Waals surface area contributed by atoms with Gasteiger partial charge in [-0.2, -0.15) is 0 Å². The molecule has 1 aromatic carbocycles. The van der Waals surface area contributed by atoms with Gasteiger partial charge in [0.25, 0.3) is 12.0 Å². The standard InChI is InChI=1S/C14H12ClF2NO/c15-10-3-2-9-4-7-18(12(19)11(9)8-10)14(13(16)17)5-1-6-14/h2-4,7-8,13H,1,5-6H2. The van der Waals surface area contributed by atoms with Gasteiger partial charge in [-0.25, -0.2) is 8.78 Å². The molecule has 0 unspecified atom stereocenters. The summed E-state index contributed by atoms with van der Waals surface area (Å²) in [6.07, 6.45) is 0.359. The minimum absolute atomic E-state index is 0.344. The van der Waals surface area contributed by atoms with Gasteiger partial charge in [-0.1, -0.05) is 17.7 Å². The maximum Gasteiger partial charge on any atom is 0.261 e. The molecule has 0 aliphatic heterocycles. The van der Waals surface area contributed by atoms with Crippen molar-refractivity contribution in [3.05, 3.63) is 45.8 Å². The summed E-state index contributed by atoms with van der Waals surface area (Å²) in [7, 11) is 0. The smallest absolute Gasteiger partial charge is 0.261 e. The Balaban J connectivity index is 2.26. The van der Waals surface area contributed by atoms with E-state index in [1.807, 2.05) is 0 Å². The Kier molecular flexibility index (Phi) is 2.86. The van der Waals surface area contributed by atoms with Crippen molar-refractivity contribution in [1.82, 2.24) is 4.57 Å². The molecule has 5 heteroatoms. The number of alkyl halides is 2. The molecule has 1 aromatic heterocycles. The van der Waals surface area contributed by atoms with Crippen LogP contribution in [0, 0.1) is 0 Å². The lowest BCUT2D eigenvalue weighted by atomic mass is 9.76. The Morgan fingerprint density at radius 3 is 2.58 bits per heavy atom. The van der Waals surface area contributed by atoms with Crippen molar-refractivity contribution >= 4 is 22.4 Å². The first-order chi connectivity index (χ1) is 9.04. The molecule has 0 spiro atoms. The third-order valence-corrected chi connectivity index (χ3v) is 4.21. The van der Waals surface area contributed by atoms with Gasteiger partial charge in [0.15, 0.2) is 0 Å². The van der Waals surface area contributed by atoms with E-state index in [0.29, 0.717) is 23.3 Å². The molecule has 0 atom stereocenters. The summed E-state index contributed by atoms with van der Waals surface area (Å²) in [4.78, 5) is 12.4. The quantitative estimate of drug-likeness (QED) is 0.822. The molecule has 19 heavy (non-hydrogen) atoms. The van der Waals surface area contributed by atoms with Gasteiger partial charge in [0.2, 0.25) is 0 Å². The lowest BCUT2D eigenvalue weighted by molar-refractivity contribution is -0.0500. The van der Waals surface area contributed by atoms with E-state index in [0.717, 1.165) is 11.8 Å². The van der Waals surface area contributed by atoms with Crippen LogP contribution >= 0.6 is 11.6 Å². The van der Waals surface area contributed by atoms with Gasteiger partial charge in [-0.05, 0) is 42.8 Å². The molecular weight excluding hydrogens is 272 g/mol. The van der Waals surface area contributed by atoms with Gasteiger partial charge < -0.3 is 4.57 Å². The largest absolute Gasteiger partial charge is 0.303 e. The van der Waals surface area contributed by atoms with Crippen LogP contribution in [0.15, 0.2) is 35.3 Å². The van der Waals surface area contributed by atoms with Crippen molar-refractivity contribution in [2.75, 3.05) is 0 Å². The molecule has 2 aromatic rings. The Labute approximate surface area is 113 Å². The number of halogens is 3. The third kappa shape index (κ3) is 1.77. The van der Waals surface area contributed by atoms with Crippen LogP contribution in [0.2, 0.25) is 5.02 Å². The van der Waals surface area contributed by atoms with E-state index in [2.05, 4.69) is 0 Å². The van der Waals surface area contributed by atoms with Gasteiger partial charge in [0, 0.05) is 16.6 Å². The molecule has 0 radical (unpaired) electrons. The predicted octanol–water partition coefficient (Wildman–Crippen LogP) is 3.80. The van der Waals surface area contributed by atoms with Crippen LogP contribution in [-0.2, 0) is 5.54 Å². The van der Waals surface area contributed by atoms with Crippen molar-refractivity contribution in [3.8, 4) is 0 Å². The molecule has 1 aliphatic rings. The third-order valence-electron chi connectivity index (χ3n) is 3.97. The summed E-state index contributed by atoms with van der Waals surface area (Å²) in [5, 5.41) is 1.54. The first-order valence-corrected chi connectivity index (χ1v) is 6.52. The fourth-order valence-electron chi connectivity index (χ4n) is 2.67. The van der Waals surface area contributed by atoms with Crippen LogP contribution in [0.3, 0.4) is 0 Å². The lowest BCUT2D eigenvalue weighted by Crippen LogP contribution is -2.51. The summed E-state index contributed by atoms with van der Waals surface area (Å²) in [5.74, 6) is 0. The molecule has 1 saturated carbocycles. The zero-order valence-corrected chi connectivity index (χ0v) is 10.8. The van der Waals surface area contributed by atoms with E-state index < -0.39 is 12.0 Å². The van der Waals surface area contributed by atoms with Crippen LogP contribution in [0.25, 0.3) is 10.8 Å². The Hall–Kier alpha value is -1.42. The number of rotatable bonds is 2. The number of benzene rings is 1. The average molecular weight is 284 g/mol. The van der Waals surface area contributed by atoms with Gasteiger partial charge in [-0.15, -0.1) is 0 Å². The molecule has 0 saturated heterocycles. The Morgan fingerprint density at radius 2 is 2.00 bits per heavy atom. The van der Waals surface area contributed by atoms with Crippen molar-refractivity contribution in [2.45, 2.75) is 31.2 Å². The van der Waals surface area contributed by atoms with Crippen LogP contribution in [0.4, 0.5) is 8.78 Å². The molecule has 0 amide bonds. The fraction of sp³-hybridized carbons (Fsp3) is 0.357. The normalized spacial score (nSPS) is 17.7. The summed E-state index contributed by atoms with van der Waals surface area (Å²) in [6.45, 7) is 0. The zero-order valence-electron chi connectivity index (χ0n) is 10.1. The number of nitrogens with zero attached hydrogens (tertiary/aromatic N) is 1. The fourth-order valence-corrected chi connectivity index (χ4v) is 2.84. The topological polar surface area (TPSA) is 22.0 Å². The minimum Gasteiger partial charge on any atom is -0.303 e. The van der Waals surface area contributed by atoms with E-state index >= 15 is 0 Å². The monoisotopic (exact) mass is 283 g/mol. The maximum atomic E-state index is 13.3. The Bertz CT molecular complexity index is 691. The Morgan fingerprint density at radius 1 is 1.26 bits per heavy atom. The minimum atomic E-state index is -2.53. The molecular formula is C14H12ClF2NO. The summed E-state index contributed by atoms with van der Waals surface area (Å²) < 4.78 is 27.8. The lowest BCUT2D eigenvalue weighted by Gasteiger charge is -2.42. The van der Waals surface area contributed by atoms with E-state index in [1.165, 1.54) is 16.8 Å². The van der Waals surface area contributed by atoms with E-state index in [-0.39, 0.29) is 5.56 Å². The number of fused-ring (bicyclic) bond motifs is 1. The molecule has 1 heterocycles. The second-order valence-corrected chi connectivity index (χ2v) is 5.42. The first-order valence-electron chi connectivity index (χ1n) is 6.14. The van der Waals surface area contributed by atoms with Crippen molar-refractivity contribution in [2.24, 2.45) is 0 Å². The highest BCUT2D eigenvalue weighted by Gasteiger charge is 2.47. The molecule has 1 fully saturated rings. The van der Waals surface area contributed by atoms with E-state index in [1.54, 1.807) is 18.2 Å². The number of pyridine rings is 1. The molecule has 100 valence electrons. The summed E-state index contributed by atoms with van der Waals surface area (Å²) in [6, 6.07) is 6.63. The van der Waals surface area contributed by atoms with Gasteiger partial charge >= 0.3 is 0 Å². The second-order valence-electron chi connectivity index (χ2n) is 4.98. The number of aromatic nitrogens is 1. The van der Waals surface area contributed by atoms with Crippen molar-refractivity contribution < 1.29 is 8.78 Å². The van der Waals surface area contributed by atoms with E-state index in [4.69, 9.17) is 11.6 Å². The average Bonchev–Trinajstić information content (AvgIpc) is 2.31. The van der Waals surface area contributed by atoms with Crippen molar-refractivity contribution in [1.29, 1.82) is 0 Å². The highest BCUT2D eigenvalue weighted by Crippen LogP contribution is 2.43. The van der Waals surface area contributed by atoms with Gasteiger partial charge in [-0.3, -0.25) is 4.79 Å². The predicted molar refractivity (Wildman–Crippen MR) is 71.0 cm³/mol. The van der Waals surface area contributed by atoms with Crippen LogP contribution in [-0.4, -0.2) is 11.0 Å². The van der Waals surface area contributed by atoms with Gasteiger partial charge in [0.1, 0.15) is 5.54 Å². The number of hydrogen-bond acceptors (Lipinski definition) is 1. The van der Waals surface area contributed by atoms with Crippen molar-refractivity contribution in [3.63, 3.8) is 0 Å². The van der Waals surface area contributed by atoms with Crippen LogP contribution < -0.4 is 5.56 Å². The van der Waals surface area contributed by atoms with Crippen LogP contribution in [0.5, 0.6) is 0 Å². The SMILES string of the molecule is O=c1c2cc(Cl)ccc2ccn1C1(C(F)F)CCC1. The molecule has 0 N–H and O–H groups in total. The number of hydrogen-bond donors (Lipinski definition) is 0. The summed E-state index contributed by atoms with van der Waals surface area (Å²) in [5.41, 5.74) is -1.71. The van der Waals surface area contributed by atoms with Gasteiger partial charge in [0.05, 0.1) is 0 Å². The zero-order chi connectivity index (χ0) is 13.6. The highest BCUT2D eigenvalue weighted by atomic mass is 35.5.